The maximum atomic E-state index is 13.6. The van der Waals surface area contributed by atoms with E-state index in [4.69, 9.17) is 49.7 Å². The lowest BCUT2D eigenvalue weighted by Gasteiger charge is -2.36. The second-order valence-electron chi connectivity index (χ2n) is 12.6. The van der Waals surface area contributed by atoms with Gasteiger partial charge in [-0.15, -0.1) is 25.3 Å². The van der Waals surface area contributed by atoms with Crippen LogP contribution in [0.3, 0.4) is 0 Å². The van der Waals surface area contributed by atoms with Crippen LogP contribution in [-0.4, -0.2) is 24.8 Å². The van der Waals surface area contributed by atoms with Crippen molar-refractivity contribution in [1.82, 2.24) is 9.13 Å². The van der Waals surface area contributed by atoms with Crippen LogP contribution in [-0.2, 0) is 44.9 Å². The average Bonchev–Trinajstić information content (AvgIpc) is 3.72. The van der Waals surface area contributed by atoms with E-state index in [1.54, 1.807) is 0 Å². The van der Waals surface area contributed by atoms with Gasteiger partial charge in [0, 0.05) is 45.3 Å². The van der Waals surface area contributed by atoms with Gasteiger partial charge >= 0.3 is 0 Å². The number of benzene rings is 2. The lowest BCUT2D eigenvalue weighted by molar-refractivity contribution is 0.329. The highest BCUT2D eigenvalue weighted by Gasteiger charge is 2.34. The van der Waals surface area contributed by atoms with Crippen molar-refractivity contribution in [1.29, 1.82) is 0 Å². The van der Waals surface area contributed by atoms with Crippen LogP contribution in [0.1, 0.15) is 72.9 Å². The molecule has 0 N–H and O–H groups in total. The third kappa shape index (κ3) is 6.78. The summed E-state index contributed by atoms with van der Waals surface area (Å²) < 4.78 is 19.7. The molecule has 0 bridgehead atoms. The second kappa shape index (κ2) is 14.7. The molecule has 4 heterocycles. The Morgan fingerprint density at radius 2 is 1.09 bits per heavy atom. The standard InChI is InChI=1S/C36H40N2OS7/c1-35(27-11-5-3-6-12-27,37-31(40)19-25-21-44-23-29(25)33(37)42)15-9-17-46(39)18-10-16-36(2,28-13-7-4-8-14-28)38-32(41)20-26-22-45-24-30(26)34(38)43/h3-8,11-14,19-20,42-43H,9-10,15-18,21-24H2,1-2H3. The summed E-state index contributed by atoms with van der Waals surface area (Å²) in [6.07, 6.45) is 3.29. The van der Waals surface area contributed by atoms with Crippen molar-refractivity contribution in [3.63, 3.8) is 0 Å². The Kier molecular flexibility index (Phi) is 11.0. The number of aromatic nitrogens is 2. The van der Waals surface area contributed by atoms with Crippen LogP contribution >= 0.6 is 73.2 Å². The molecule has 2 aromatic carbocycles. The van der Waals surface area contributed by atoms with Crippen LogP contribution in [0.15, 0.2) is 82.8 Å². The number of fused-ring (bicyclic) bond motifs is 2. The highest BCUT2D eigenvalue weighted by atomic mass is 32.2. The number of thiol groups is 2. The Morgan fingerprint density at radius 1 is 0.696 bits per heavy atom. The van der Waals surface area contributed by atoms with Crippen LogP contribution in [0.4, 0.5) is 0 Å². The van der Waals surface area contributed by atoms with Gasteiger partial charge in [-0.1, -0.05) is 85.1 Å². The normalized spacial score (nSPS) is 17.2. The Hall–Kier alpha value is -1.27. The van der Waals surface area contributed by atoms with Gasteiger partial charge in [-0.05, 0) is 85.0 Å². The Morgan fingerprint density at radius 3 is 1.48 bits per heavy atom. The summed E-state index contributed by atoms with van der Waals surface area (Å²) in [6, 6.07) is 25.5. The molecule has 0 radical (unpaired) electrons. The molecule has 4 aromatic rings. The smallest absolute Gasteiger partial charge is 0.107 e. The monoisotopic (exact) mass is 740 g/mol. The molecule has 2 unspecified atom stereocenters. The largest absolute Gasteiger partial charge is 0.317 e. The van der Waals surface area contributed by atoms with E-state index in [1.165, 1.54) is 33.4 Å². The lowest BCUT2D eigenvalue weighted by atomic mass is 9.86. The predicted molar refractivity (Wildman–Crippen MR) is 210 cm³/mol. The molecule has 0 saturated carbocycles. The van der Waals surface area contributed by atoms with Gasteiger partial charge in [0.1, 0.15) is 9.28 Å². The molecule has 3 nitrogen and oxygen atoms in total. The fourth-order valence-corrected chi connectivity index (χ4v) is 12.7. The topological polar surface area (TPSA) is 26.9 Å². The fourth-order valence-electron chi connectivity index (χ4n) is 7.04. The molecule has 0 amide bonds. The van der Waals surface area contributed by atoms with E-state index < -0.39 is 10.8 Å². The van der Waals surface area contributed by atoms with E-state index >= 15 is 0 Å². The highest BCUT2D eigenvalue weighted by molar-refractivity contribution is 7.98. The van der Waals surface area contributed by atoms with Gasteiger partial charge in [0.15, 0.2) is 0 Å². The molecular formula is C36H40N2OS7. The molecule has 10 heteroatoms. The molecule has 0 aliphatic carbocycles. The van der Waals surface area contributed by atoms with Gasteiger partial charge in [-0.25, -0.2) is 0 Å². The van der Waals surface area contributed by atoms with Gasteiger partial charge in [0.2, 0.25) is 0 Å². The molecule has 0 fully saturated rings. The third-order valence-corrected chi connectivity index (χ3v) is 14.7. The first-order valence-electron chi connectivity index (χ1n) is 15.7. The fraction of sp³-hybridized carbons (Fsp3) is 0.389. The van der Waals surface area contributed by atoms with Gasteiger partial charge in [-0.2, -0.15) is 23.5 Å². The second-order valence-corrected chi connectivity index (χ2v) is 18.0. The zero-order valence-electron chi connectivity index (χ0n) is 26.2. The molecule has 6 rings (SSSR count). The first-order valence-corrected chi connectivity index (χ1v) is 21.2. The van der Waals surface area contributed by atoms with Gasteiger partial charge < -0.3 is 9.13 Å². The Labute approximate surface area is 305 Å². The average molecular weight is 741 g/mol. The minimum absolute atomic E-state index is 0.390. The molecule has 2 aromatic heterocycles. The quantitative estimate of drug-likeness (QED) is 0.111. The number of rotatable bonds is 12. The van der Waals surface area contributed by atoms with Crippen molar-refractivity contribution in [2.75, 3.05) is 11.5 Å². The Balaban J connectivity index is 1.18. The van der Waals surface area contributed by atoms with Crippen LogP contribution in [0.5, 0.6) is 0 Å². The minimum Gasteiger partial charge on any atom is -0.317 e. The van der Waals surface area contributed by atoms with Gasteiger partial charge in [0.05, 0.1) is 21.1 Å². The van der Waals surface area contributed by atoms with Crippen molar-refractivity contribution in [2.24, 2.45) is 0 Å². The zero-order chi connectivity index (χ0) is 32.5. The molecule has 2 atom stereocenters. The van der Waals surface area contributed by atoms with E-state index in [9.17, 15) is 4.21 Å². The third-order valence-electron chi connectivity index (χ3n) is 9.63. The van der Waals surface area contributed by atoms with Crippen molar-refractivity contribution < 1.29 is 4.21 Å². The molecule has 2 aliphatic heterocycles. The minimum atomic E-state index is -0.951. The highest BCUT2D eigenvalue weighted by Crippen LogP contribution is 2.42. The van der Waals surface area contributed by atoms with Gasteiger partial charge in [0.25, 0.3) is 0 Å². The molecule has 2 aliphatic rings. The molecule has 242 valence electrons. The van der Waals surface area contributed by atoms with E-state index in [1.807, 2.05) is 35.7 Å². The number of pyridine rings is 2. The first-order chi connectivity index (χ1) is 22.1. The van der Waals surface area contributed by atoms with Crippen LogP contribution in [0.25, 0.3) is 0 Å². The van der Waals surface area contributed by atoms with Crippen molar-refractivity contribution >= 4 is 84.0 Å². The lowest BCUT2D eigenvalue weighted by Crippen LogP contribution is -2.34. The first kappa shape index (κ1) is 34.6. The number of hydrogen-bond donors (Lipinski definition) is 2. The summed E-state index contributed by atoms with van der Waals surface area (Å²) in [6.45, 7) is 4.52. The number of thioether (sulfide) groups is 2. The van der Waals surface area contributed by atoms with Crippen LogP contribution < -0.4 is 0 Å². The van der Waals surface area contributed by atoms with Crippen LogP contribution in [0.2, 0.25) is 0 Å². The number of hydrogen-bond acceptors (Lipinski definition) is 7. The Bertz CT molecular complexity index is 1740. The maximum absolute atomic E-state index is 13.6. The molecular weight excluding hydrogens is 701 g/mol. The summed E-state index contributed by atoms with van der Waals surface area (Å²) in [5.41, 5.74) is 6.81. The summed E-state index contributed by atoms with van der Waals surface area (Å²) in [5, 5.41) is 1.93. The van der Waals surface area contributed by atoms with E-state index in [2.05, 4.69) is 83.6 Å². The van der Waals surface area contributed by atoms with E-state index in [0.29, 0.717) is 11.5 Å². The summed E-state index contributed by atoms with van der Waals surface area (Å²) in [5.74, 6) is 5.20. The van der Waals surface area contributed by atoms with Crippen molar-refractivity contribution in [3.05, 3.63) is 115 Å². The van der Waals surface area contributed by atoms with E-state index in [0.717, 1.165) is 68.0 Å². The van der Waals surface area contributed by atoms with Crippen molar-refractivity contribution in [3.8, 4) is 0 Å². The molecule has 46 heavy (non-hydrogen) atoms. The predicted octanol–water partition coefficient (Wildman–Crippen LogP) is 10.4. The van der Waals surface area contributed by atoms with Crippen molar-refractivity contribution in [2.45, 2.75) is 83.7 Å². The van der Waals surface area contributed by atoms with Gasteiger partial charge in [-0.3, -0.25) is 4.21 Å². The molecule has 0 saturated heterocycles. The maximum Gasteiger partial charge on any atom is 0.107 e. The number of nitrogens with zero attached hydrogens (tertiary/aromatic N) is 2. The van der Waals surface area contributed by atoms with Crippen LogP contribution in [0, 0.1) is 9.28 Å². The molecule has 0 spiro atoms. The zero-order valence-corrected chi connectivity index (χ0v) is 32.1. The summed E-state index contributed by atoms with van der Waals surface area (Å²) in [7, 11) is -0.951. The summed E-state index contributed by atoms with van der Waals surface area (Å²) >= 11 is 25.9. The summed E-state index contributed by atoms with van der Waals surface area (Å²) in [4.78, 5) is 0. The van der Waals surface area contributed by atoms with E-state index in [-0.39, 0.29) is 11.1 Å². The SMILES string of the molecule is CC(CCCS(=O)CCCC(C)(c1ccccc1)n1c(S)c2c(cc1=S)CSC2)(c1ccccc1)n1c(S)c2c(cc1=S)CSC2.